The van der Waals surface area contributed by atoms with E-state index < -0.39 is 5.38 Å². The van der Waals surface area contributed by atoms with Gasteiger partial charge < -0.3 is 10.1 Å². The first-order valence-electron chi connectivity index (χ1n) is 5.83. The molecule has 4 heteroatoms. The first kappa shape index (κ1) is 13.8. The van der Waals surface area contributed by atoms with Gasteiger partial charge in [-0.2, -0.15) is 0 Å². The van der Waals surface area contributed by atoms with Gasteiger partial charge in [0.05, 0.1) is 6.61 Å². The first-order chi connectivity index (χ1) is 8.19. The van der Waals surface area contributed by atoms with Gasteiger partial charge in [-0.15, -0.1) is 11.6 Å². The second kappa shape index (κ2) is 7.17. The van der Waals surface area contributed by atoms with E-state index in [1.807, 2.05) is 38.1 Å². The van der Waals surface area contributed by atoms with Gasteiger partial charge in [-0.3, -0.25) is 4.79 Å². The summed E-state index contributed by atoms with van der Waals surface area (Å²) in [5, 5.41) is 2.03. The summed E-state index contributed by atoms with van der Waals surface area (Å²) in [6.07, 6.45) is 0.949. The highest BCUT2D eigenvalue weighted by atomic mass is 35.5. The summed E-state index contributed by atoms with van der Waals surface area (Å²) in [7, 11) is 0. The maximum Gasteiger partial charge on any atom is 0.242 e. The molecule has 94 valence electrons. The maximum atomic E-state index is 11.6. The number of benzene rings is 1. The van der Waals surface area contributed by atoms with E-state index in [0.717, 1.165) is 17.7 Å². The monoisotopic (exact) mass is 255 g/mol. The van der Waals surface area contributed by atoms with Crippen molar-refractivity contribution in [3.05, 3.63) is 29.8 Å². The number of hydrogen-bond donors (Lipinski definition) is 1. The molecule has 1 rings (SSSR count). The second-order valence-electron chi connectivity index (χ2n) is 3.68. The van der Waals surface area contributed by atoms with Crippen molar-refractivity contribution in [1.82, 2.24) is 5.32 Å². The molecule has 3 nitrogen and oxygen atoms in total. The van der Waals surface area contributed by atoms with Crippen LogP contribution in [0.1, 0.15) is 31.2 Å². The molecule has 0 bridgehead atoms. The molecule has 0 radical (unpaired) electrons. The first-order valence-corrected chi connectivity index (χ1v) is 6.27. The molecule has 1 atom stereocenters. The van der Waals surface area contributed by atoms with Crippen molar-refractivity contribution in [2.45, 2.75) is 25.6 Å². The molecular formula is C13H18ClNO2. The molecule has 17 heavy (non-hydrogen) atoms. The number of hydrogen-bond acceptors (Lipinski definition) is 2. The lowest BCUT2D eigenvalue weighted by Crippen LogP contribution is -2.26. The number of nitrogens with one attached hydrogen (secondary N) is 1. The minimum Gasteiger partial charge on any atom is -0.494 e. The van der Waals surface area contributed by atoms with E-state index >= 15 is 0 Å². The zero-order valence-corrected chi connectivity index (χ0v) is 11.0. The smallest absolute Gasteiger partial charge is 0.242 e. The van der Waals surface area contributed by atoms with Crippen LogP contribution in [-0.4, -0.2) is 19.1 Å². The third-order valence-corrected chi connectivity index (χ3v) is 2.65. The largest absolute Gasteiger partial charge is 0.494 e. The Morgan fingerprint density at radius 1 is 1.47 bits per heavy atom. The van der Waals surface area contributed by atoms with Crippen molar-refractivity contribution in [2.24, 2.45) is 0 Å². The van der Waals surface area contributed by atoms with Crippen molar-refractivity contribution in [3.8, 4) is 5.75 Å². The standard InChI is InChI=1S/C13H18ClNO2/c1-3-8-17-11-7-5-6-10(9-11)12(14)13(16)15-4-2/h5-7,9,12H,3-4,8H2,1-2H3,(H,15,16). The lowest BCUT2D eigenvalue weighted by molar-refractivity contribution is -0.120. The Hall–Kier alpha value is -1.22. The predicted octanol–water partition coefficient (Wildman–Crippen LogP) is 2.89. The third kappa shape index (κ3) is 4.27. The minimum absolute atomic E-state index is 0.179. The predicted molar refractivity (Wildman–Crippen MR) is 69.5 cm³/mol. The summed E-state index contributed by atoms with van der Waals surface area (Å²) in [6, 6.07) is 7.34. The van der Waals surface area contributed by atoms with Crippen molar-refractivity contribution in [1.29, 1.82) is 0 Å². The molecule has 0 aliphatic carbocycles. The molecule has 0 fully saturated rings. The molecule has 0 aliphatic rings. The fourth-order valence-corrected chi connectivity index (χ4v) is 1.61. The van der Waals surface area contributed by atoms with Gasteiger partial charge in [0, 0.05) is 6.54 Å². The average molecular weight is 256 g/mol. The van der Waals surface area contributed by atoms with E-state index in [9.17, 15) is 4.79 Å². The number of rotatable bonds is 6. The van der Waals surface area contributed by atoms with E-state index in [-0.39, 0.29) is 5.91 Å². The number of ether oxygens (including phenoxy) is 1. The van der Waals surface area contributed by atoms with E-state index in [2.05, 4.69) is 5.32 Å². The molecule has 0 saturated heterocycles. The molecule has 0 spiro atoms. The van der Waals surface area contributed by atoms with Gasteiger partial charge in [-0.05, 0) is 31.0 Å². The van der Waals surface area contributed by atoms with Gasteiger partial charge >= 0.3 is 0 Å². The number of alkyl halides is 1. The van der Waals surface area contributed by atoms with E-state index in [1.165, 1.54) is 0 Å². The van der Waals surface area contributed by atoms with Crippen LogP contribution in [0.25, 0.3) is 0 Å². The fraction of sp³-hybridized carbons (Fsp3) is 0.462. The molecule has 0 aromatic heterocycles. The van der Waals surface area contributed by atoms with Gasteiger partial charge in [-0.1, -0.05) is 19.1 Å². The topological polar surface area (TPSA) is 38.3 Å². The fourth-order valence-electron chi connectivity index (χ4n) is 1.40. The summed E-state index contributed by atoms with van der Waals surface area (Å²) >= 11 is 6.07. The zero-order valence-electron chi connectivity index (χ0n) is 10.2. The number of carbonyl (C=O) groups is 1. The Bertz CT molecular complexity index is 368. The SMILES string of the molecule is CCCOc1cccc(C(Cl)C(=O)NCC)c1. The normalized spacial score (nSPS) is 11.9. The number of amides is 1. The van der Waals surface area contributed by atoms with Crippen molar-refractivity contribution in [2.75, 3.05) is 13.2 Å². The second-order valence-corrected chi connectivity index (χ2v) is 4.11. The highest BCUT2D eigenvalue weighted by Crippen LogP contribution is 2.24. The summed E-state index contributed by atoms with van der Waals surface area (Å²) < 4.78 is 5.50. The Labute approximate surface area is 107 Å². The highest BCUT2D eigenvalue weighted by Gasteiger charge is 2.16. The van der Waals surface area contributed by atoms with Crippen molar-refractivity contribution in [3.63, 3.8) is 0 Å². The highest BCUT2D eigenvalue weighted by molar-refractivity contribution is 6.30. The van der Waals surface area contributed by atoms with Gasteiger partial charge in [0.1, 0.15) is 11.1 Å². The van der Waals surface area contributed by atoms with Crippen LogP contribution in [0.15, 0.2) is 24.3 Å². The Kier molecular flexibility index (Phi) is 5.84. The van der Waals surface area contributed by atoms with E-state index in [1.54, 1.807) is 0 Å². The lowest BCUT2D eigenvalue weighted by Gasteiger charge is -2.11. The summed E-state index contributed by atoms with van der Waals surface area (Å²) in [4.78, 5) is 11.6. The lowest BCUT2D eigenvalue weighted by atomic mass is 10.1. The van der Waals surface area contributed by atoms with Gasteiger partial charge in [0.25, 0.3) is 0 Å². The summed E-state index contributed by atoms with van der Waals surface area (Å²) in [5.74, 6) is 0.570. The molecule has 1 unspecified atom stereocenters. The van der Waals surface area contributed by atoms with E-state index in [4.69, 9.17) is 16.3 Å². The van der Waals surface area contributed by atoms with Crippen LogP contribution < -0.4 is 10.1 Å². The van der Waals surface area contributed by atoms with Crippen LogP contribution in [0.5, 0.6) is 5.75 Å². The van der Waals surface area contributed by atoms with Crippen LogP contribution >= 0.6 is 11.6 Å². The van der Waals surface area contributed by atoms with Crippen LogP contribution in [0, 0.1) is 0 Å². The molecule has 1 aromatic rings. The Morgan fingerprint density at radius 2 is 2.24 bits per heavy atom. The molecule has 1 amide bonds. The van der Waals surface area contributed by atoms with Crippen molar-refractivity contribution < 1.29 is 9.53 Å². The van der Waals surface area contributed by atoms with Gasteiger partial charge in [0.15, 0.2) is 0 Å². The van der Waals surface area contributed by atoms with Gasteiger partial charge in [0.2, 0.25) is 5.91 Å². The van der Waals surface area contributed by atoms with Crippen molar-refractivity contribution >= 4 is 17.5 Å². The molecule has 0 heterocycles. The molecular weight excluding hydrogens is 238 g/mol. The average Bonchev–Trinajstić information content (AvgIpc) is 2.36. The minimum atomic E-state index is -0.667. The van der Waals surface area contributed by atoms with Crippen LogP contribution in [-0.2, 0) is 4.79 Å². The summed E-state index contributed by atoms with van der Waals surface area (Å²) in [6.45, 7) is 5.15. The number of likely N-dealkylation sites (N-methyl/N-ethyl adjacent to an activating group) is 1. The molecule has 0 saturated carbocycles. The number of halogens is 1. The van der Waals surface area contributed by atoms with Crippen LogP contribution in [0.2, 0.25) is 0 Å². The van der Waals surface area contributed by atoms with Crippen LogP contribution in [0.3, 0.4) is 0 Å². The van der Waals surface area contributed by atoms with Crippen LogP contribution in [0.4, 0.5) is 0 Å². The maximum absolute atomic E-state index is 11.6. The molecule has 0 aliphatic heterocycles. The molecule has 1 aromatic carbocycles. The Morgan fingerprint density at radius 3 is 2.88 bits per heavy atom. The quantitative estimate of drug-likeness (QED) is 0.794. The third-order valence-electron chi connectivity index (χ3n) is 2.20. The Balaban J connectivity index is 2.72. The summed E-state index contributed by atoms with van der Waals surface area (Å²) in [5.41, 5.74) is 0.756. The zero-order chi connectivity index (χ0) is 12.7. The number of carbonyl (C=O) groups excluding carboxylic acids is 1. The van der Waals surface area contributed by atoms with Gasteiger partial charge in [-0.25, -0.2) is 0 Å². The van der Waals surface area contributed by atoms with E-state index in [0.29, 0.717) is 13.2 Å². The molecule has 1 N–H and O–H groups in total.